The maximum Gasteiger partial charge on any atom is 0.225 e. The number of hydrogen-bond acceptors (Lipinski definition) is 4. The van der Waals surface area contributed by atoms with Gasteiger partial charge < -0.3 is 10.2 Å². The van der Waals surface area contributed by atoms with Crippen molar-refractivity contribution < 1.29 is 0 Å². The summed E-state index contributed by atoms with van der Waals surface area (Å²) < 4.78 is 0. The van der Waals surface area contributed by atoms with Gasteiger partial charge in [0.2, 0.25) is 5.95 Å². The molecule has 4 heteroatoms. The summed E-state index contributed by atoms with van der Waals surface area (Å²) in [5.74, 6) is 1.48. The molecule has 0 radical (unpaired) electrons. The van der Waals surface area contributed by atoms with E-state index in [9.17, 15) is 0 Å². The average Bonchev–Trinajstić information content (AvgIpc) is 2.30. The Morgan fingerprint density at radius 3 is 2.50 bits per heavy atom. The van der Waals surface area contributed by atoms with E-state index in [4.69, 9.17) is 0 Å². The van der Waals surface area contributed by atoms with Gasteiger partial charge in [0.25, 0.3) is 0 Å². The molecule has 0 aliphatic rings. The first-order chi connectivity index (χ1) is 7.67. The summed E-state index contributed by atoms with van der Waals surface area (Å²) in [5, 5.41) is 3.08. The first kappa shape index (κ1) is 12.9. The summed E-state index contributed by atoms with van der Waals surface area (Å²) >= 11 is 0. The molecule has 16 heavy (non-hydrogen) atoms. The van der Waals surface area contributed by atoms with Crippen molar-refractivity contribution in [3.05, 3.63) is 18.0 Å². The molecule has 1 unspecified atom stereocenters. The molecule has 0 fully saturated rings. The van der Waals surface area contributed by atoms with Crippen molar-refractivity contribution in [3.8, 4) is 0 Å². The fourth-order valence-corrected chi connectivity index (χ4v) is 1.52. The molecule has 4 nitrogen and oxygen atoms in total. The van der Waals surface area contributed by atoms with E-state index in [1.54, 1.807) is 0 Å². The third-order valence-corrected chi connectivity index (χ3v) is 2.70. The van der Waals surface area contributed by atoms with Gasteiger partial charge in [-0.05, 0) is 13.0 Å². The summed E-state index contributed by atoms with van der Waals surface area (Å²) in [7, 11) is 3.96. The van der Waals surface area contributed by atoms with Gasteiger partial charge in [-0.3, -0.25) is 0 Å². The van der Waals surface area contributed by atoms with E-state index in [1.807, 2.05) is 26.5 Å². The smallest absolute Gasteiger partial charge is 0.225 e. The fourth-order valence-electron chi connectivity index (χ4n) is 1.52. The highest BCUT2D eigenvalue weighted by molar-refractivity contribution is 5.28. The van der Waals surface area contributed by atoms with E-state index in [-0.39, 0.29) is 0 Å². The zero-order chi connectivity index (χ0) is 12.0. The van der Waals surface area contributed by atoms with Crippen molar-refractivity contribution in [2.75, 3.05) is 25.5 Å². The number of aromatic nitrogens is 2. The van der Waals surface area contributed by atoms with Gasteiger partial charge in [-0.15, -0.1) is 0 Å². The first-order valence-electron chi connectivity index (χ1n) is 5.84. The second kappa shape index (κ2) is 6.43. The van der Waals surface area contributed by atoms with Gasteiger partial charge in [0.1, 0.15) is 0 Å². The lowest BCUT2D eigenvalue weighted by molar-refractivity contribution is 0.555. The monoisotopic (exact) mass is 222 g/mol. The second-order valence-corrected chi connectivity index (χ2v) is 4.32. The van der Waals surface area contributed by atoms with Crippen LogP contribution in [0.25, 0.3) is 0 Å². The number of hydrogen-bond donors (Lipinski definition) is 1. The van der Waals surface area contributed by atoms with Crippen LogP contribution < -0.4 is 10.2 Å². The summed E-state index contributed by atoms with van der Waals surface area (Å²) in [5.41, 5.74) is 1.11. The van der Waals surface area contributed by atoms with E-state index < -0.39 is 0 Å². The molecule has 1 N–H and O–H groups in total. The Morgan fingerprint density at radius 2 is 2.00 bits per heavy atom. The maximum atomic E-state index is 4.36. The van der Waals surface area contributed by atoms with Crippen LogP contribution in [-0.2, 0) is 6.54 Å². The zero-order valence-corrected chi connectivity index (χ0v) is 10.7. The zero-order valence-electron chi connectivity index (χ0n) is 10.7. The number of nitrogens with one attached hydrogen (secondary N) is 1. The second-order valence-electron chi connectivity index (χ2n) is 4.32. The molecule has 0 aliphatic carbocycles. The van der Waals surface area contributed by atoms with Crippen LogP contribution in [0.5, 0.6) is 0 Å². The van der Waals surface area contributed by atoms with Crippen LogP contribution in [0.3, 0.4) is 0 Å². The van der Waals surface area contributed by atoms with Gasteiger partial charge >= 0.3 is 0 Å². The molecule has 0 amide bonds. The van der Waals surface area contributed by atoms with Gasteiger partial charge in [0, 0.05) is 38.1 Å². The molecule has 90 valence electrons. The van der Waals surface area contributed by atoms with E-state index in [2.05, 4.69) is 34.0 Å². The lowest BCUT2D eigenvalue weighted by atomic mass is 10.1. The normalized spacial score (nSPS) is 12.5. The highest BCUT2D eigenvalue weighted by Crippen LogP contribution is 2.09. The molecule has 0 spiro atoms. The quantitative estimate of drug-likeness (QED) is 0.795. The largest absolute Gasteiger partial charge is 0.344 e. The van der Waals surface area contributed by atoms with Crippen LogP contribution in [0.4, 0.5) is 5.95 Å². The van der Waals surface area contributed by atoms with Crippen molar-refractivity contribution in [1.29, 1.82) is 0 Å². The minimum absolute atomic E-state index is 0.672. The Labute approximate surface area is 98.1 Å². The molecule has 0 saturated carbocycles. The van der Waals surface area contributed by atoms with Crippen LogP contribution >= 0.6 is 0 Å². The minimum atomic E-state index is 0.672. The molecule has 1 aromatic heterocycles. The van der Waals surface area contributed by atoms with Gasteiger partial charge in [-0.2, -0.15) is 0 Å². The molecule has 0 saturated heterocycles. The number of rotatable bonds is 6. The third kappa shape index (κ3) is 3.77. The standard InChI is InChI=1S/C12H22N4/c1-5-10(2)9-16(4)12-14-7-11(6-13-3)8-15-12/h7-8,10,13H,5-6,9H2,1-4H3. The topological polar surface area (TPSA) is 41.1 Å². The van der Waals surface area contributed by atoms with Crippen LogP contribution in [0.2, 0.25) is 0 Å². The van der Waals surface area contributed by atoms with Crippen molar-refractivity contribution in [2.45, 2.75) is 26.8 Å². The van der Waals surface area contributed by atoms with E-state index >= 15 is 0 Å². The van der Waals surface area contributed by atoms with E-state index in [1.165, 1.54) is 6.42 Å². The predicted octanol–water partition coefficient (Wildman–Crippen LogP) is 1.68. The molecule has 1 rings (SSSR count). The van der Waals surface area contributed by atoms with Crippen molar-refractivity contribution in [2.24, 2.45) is 5.92 Å². The Morgan fingerprint density at radius 1 is 1.38 bits per heavy atom. The Hall–Kier alpha value is -1.16. The van der Waals surface area contributed by atoms with E-state index in [0.717, 1.165) is 24.6 Å². The predicted molar refractivity (Wildman–Crippen MR) is 67.5 cm³/mol. The average molecular weight is 222 g/mol. The van der Waals surface area contributed by atoms with Crippen LogP contribution in [-0.4, -0.2) is 30.6 Å². The van der Waals surface area contributed by atoms with E-state index in [0.29, 0.717) is 5.92 Å². The van der Waals surface area contributed by atoms with Gasteiger partial charge in [0.15, 0.2) is 0 Å². The maximum absolute atomic E-state index is 4.36. The van der Waals surface area contributed by atoms with Crippen LogP contribution in [0.15, 0.2) is 12.4 Å². The highest BCUT2D eigenvalue weighted by atomic mass is 15.2. The fraction of sp³-hybridized carbons (Fsp3) is 0.667. The summed E-state index contributed by atoms with van der Waals surface area (Å²) in [4.78, 5) is 10.8. The van der Waals surface area contributed by atoms with Crippen molar-refractivity contribution >= 4 is 5.95 Å². The van der Waals surface area contributed by atoms with Gasteiger partial charge in [0.05, 0.1) is 0 Å². The molecule has 1 atom stereocenters. The molecule has 0 aromatic carbocycles. The number of anilines is 1. The summed E-state index contributed by atoms with van der Waals surface area (Å²) in [6, 6.07) is 0. The third-order valence-electron chi connectivity index (χ3n) is 2.70. The lowest BCUT2D eigenvalue weighted by Crippen LogP contribution is -2.25. The van der Waals surface area contributed by atoms with Crippen LogP contribution in [0, 0.1) is 5.92 Å². The van der Waals surface area contributed by atoms with Crippen molar-refractivity contribution in [1.82, 2.24) is 15.3 Å². The Bertz CT molecular complexity index is 296. The summed E-state index contributed by atoms with van der Waals surface area (Å²) in [6.07, 6.45) is 4.94. The molecule has 0 bridgehead atoms. The molecule has 1 heterocycles. The molecule has 0 aliphatic heterocycles. The van der Waals surface area contributed by atoms with Gasteiger partial charge in [-0.25, -0.2) is 9.97 Å². The first-order valence-corrected chi connectivity index (χ1v) is 5.84. The Balaban J connectivity index is 2.59. The number of nitrogens with zero attached hydrogens (tertiary/aromatic N) is 3. The minimum Gasteiger partial charge on any atom is -0.344 e. The highest BCUT2D eigenvalue weighted by Gasteiger charge is 2.07. The van der Waals surface area contributed by atoms with Crippen molar-refractivity contribution in [3.63, 3.8) is 0 Å². The SMILES string of the molecule is CCC(C)CN(C)c1ncc(CNC)cn1. The molecular weight excluding hydrogens is 200 g/mol. The lowest BCUT2D eigenvalue weighted by Gasteiger charge is -2.20. The summed E-state index contributed by atoms with van der Waals surface area (Å²) in [6.45, 7) is 6.26. The molecular formula is C12H22N4. The Kier molecular flexibility index (Phi) is 5.19. The van der Waals surface area contributed by atoms with Crippen LogP contribution in [0.1, 0.15) is 25.8 Å². The molecule has 1 aromatic rings. The van der Waals surface area contributed by atoms with Gasteiger partial charge in [-0.1, -0.05) is 20.3 Å².